The number of hydrogen-bond acceptors (Lipinski definition) is 3. The van der Waals surface area contributed by atoms with Gasteiger partial charge in [-0.3, -0.25) is 4.99 Å². The maximum absolute atomic E-state index is 10.9. The van der Waals surface area contributed by atoms with E-state index in [2.05, 4.69) is 4.99 Å². The van der Waals surface area contributed by atoms with Crippen molar-refractivity contribution in [1.82, 2.24) is 0 Å². The van der Waals surface area contributed by atoms with E-state index in [1.54, 1.807) is 19.2 Å². The van der Waals surface area contributed by atoms with Crippen molar-refractivity contribution in [2.75, 3.05) is 7.05 Å². The van der Waals surface area contributed by atoms with Gasteiger partial charge in [0.2, 0.25) is 10.0 Å². The Morgan fingerprint density at radius 2 is 1.79 bits per heavy atom. The molecule has 1 aromatic rings. The van der Waals surface area contributed by atoms with Crippen LogP contribution >= 0.6 is 0 Å². The summed E-state index contributed by atoms with van der Waals surface area (Å²) in [5, 5.41) is 4.93. The van der Waals surface area contributed by atoms with E-state index in [9.17, 15) is 8.42 Å². The monoisotopic (exact) mass is 213 g/mol. The summed E-state index contributed by atoms with van der Waals surface area (Å²) in [6, 6.07) is 5.90. The number of sulfonamides is 1. The van der Waals surface area contributed by atoms with E-state index in [0.717, 1.165) is 0 Å². The number of amidine groups is 1. The Kier molecular flexibility index (Phi) is 2.87. The molecule has 14 heavy (non-hydrogen) atoms. The van der Waals surface area contributed by atoms with E-state index in [-0.39, 0.29) is 4.90 Å². The topological polar surface area (TPSA) is 98.5 Å². The van der Waals surface area contributed by atoms with Crippen molar-refractivity contribution in [2.24, 2.45) is 15.9 Å². The van der Waals surface area contributed by atoms with Crippen LogP contribution in [-0.2, 0) is 10.0 Å². The van der Waals surface area contributed by atoms with Crippen molar-refractivity contribution in [3.63, 3.8) is 0 Å². The van der Waals surface area contributed by atoms with Crippen molar-refractivity contribution in [2.45, 2.75) is 4.90 Å². The summed E-state index contributed by atoms with van der Waals surface area (Å²) >= 11 is 0. The molecule has 0 fully saturated rings. The molecular weight excluding hydrogens is 202 g/mol. The molecule has 0 saturated heterocycles. The summed E-state index contributed by atoms with van der Waals surface area (Å²) in [5.74, 6) is 0.353. The predicted octanol–water partition coefficient (Wildman–Crippen LogP) is -0.331. The van der Waals surface area contributed by atoms with Gasteiger partial charge in [0.25, 0.3) is 0 Å². The standard InChI is InChI=1S/C8H11N3O2S/c1-11-8(9)6-2-4-7(5-3-6)14(10,12)13/h2-5H,1H3,(H2,9,11)(H2,10,12,13). The van der Waals surface area contributed by atoms with E-state index >= 15 is 0 Å². The molecule has 76 valence electrons. The average Bonchev–Trinajstić information content (AvgIpc) is 2.15. The zero-order valence-corrected chi connectivity index (χ0v) is 8.45. The number of benzene rings is 1. The first-order valence-corrected chi connectivity index (χ1v) is 5.35. The fourth-order valence-corrected chi connectivity index (χ4v) is 1.46. The van der Waals surface area contributed by atoms with Crippen LogP contribution in [0.3, 0.4) is 0 Å². The second-order valence-corrected chi connectivity index (χ2v) is 4.24. The highest BCUT2D eigenvalue weighted by atomic mass is 32.2. The average molecular weight is 213 g/mol. The number of nitrogens with two attached hydrogens (primary N) is 2. The minimum Gasteiger partial charge on any atom is -0.384 e. The molecule has 0 bridgehead atoms. The van der Waals surface area contributed by atoms with Crippen LogP contribution in [0.2, 0.25) is 0 Å². The molecule has 1 aromatic carbocycles. The molecule has 0 saturated carbocycles. The smallest absolute Gasteiger partial charge is 0.238 e. The molecule has 0 unspecified atom stereocenters. The van der Waals surface area contributed by atoms with Gasteiger partial charge in [0.05, 0.1) is 4.90 Å². The Labute approximate surface area is 82.5 Å². The quantitative estimate of drug-likeness (QED) is 0.519. The Bertz CT molecular complexity index is 448. The van der Waals surface area contributed by atoms with Crippen LogP contribution in [0.5, 0.6) is 0 Å². The molecule has 5 nitrogen and oxygen atoms in total. The van der Waals surface area contributed by atoms with E-state index in [1.165, 1.54) is 12.1 Å². The molecule has 0 aliphatic heterocycles. The van der Waals surface area contributed by atoms with E-state index in [0.29, 0.717) is 11.4 Å². The zero-order chi connectivity index (χ0) is 10.8. The fourth-order valence-electron chi connectivity index (χ4n) is 0.944. The van der Waals surface area contributed by atoms with Crippen molar-refractivity contribution in [3.8, 4) is 0 Å². The second kappa shape index (κ2) is 3.77. The molecule has 0 aliphatic rings. The number of primary sulfonamides is 1. The molecule has 4 N–H and O–H groups in total. The predicted molar refractivity (Wildman–Crippen MR) is 54.5 cm³/mol. The molecular formula is C8H11N3O2S. The van der Waals surface area contributed by atoms with Crippen molar-refractivity contribution in [3.05, 3.63) is 29.8 Å². The molecule has 0 atom stereocenters. The molecule has 0 radical (unpaired) electrons. The van der Waals surface area contributed by atoms with E-state index in [4.69, 9.17) is 10.9 Å². The summed E-state index contributed by atoms with van der Waals surface area (Å²) in [7, 11) is -2.07. The van der Waals surface area contributed by atoms with Gasteiger partial charge in [0.15, 0.2) is 0 Å². The summed E-state index contributed by atoms with van der Waals surface area (Å²) in [5.41, 5.74) is 6.19. The molecule has 0 heterocycles. The first kappa shape index (κ1) is 10.7. The molecule has 6 heteroatoms. The highest BCUT2D eigenvalue weighted by Crippen LogP contribution is 2.08. The van der Waals surface area contributed by atoms with Gasteiger partial charge in [-0.1, -0.05) is 0 Å². The summed E-state index contributed by atoms with van der Waals surface area (Å²) in [4.78, 5) is 3.82. The van der Waals surface area contributed by atoms with Gasteiger partial charge in [-0.2, -0.15) is 0 Å². The summed E-state index contributed by atoms with van der Waals surface area (Å²) in [6.07, 6.45) is 0. The van der Waals surface area contributed by atoms with Gasteiger partial charge < -0.3 is 5.73 Å². The minimum atomic E-state index is -3.63. The van der Waals surface area contributed by atoms with Gasteiger partial charge in [-0.25, -0.2) is 13.6 Å². The van der Waals surface area contributed by atoms with Gasteiger partial charge in [0, 0.05) is 12.6 Å². The molecule has 0 amide bonds. The summed E-state index contributed by atoms with van der Waals surface area (Å²) in [6.45, 7) is 0. The number of hydrogen-bond donors (Lipinski definition) is 2. The van der Waals surface area contributed by atoms with Crippen LogP contribution in [0.4, 0.5) is 0 Å². The highest BCUT2D eigenvalue weighted by Gasteiger charge is 2.07. The van der Waals surface area contributed by atoms with Crippen molar-refractivity contribution < 1.29 is 8.42 Å². The highest BCUT2D eigenvalue weighted by molar-refractivity contribution is 7.89. The Morgan fingerprint density at radius 1 is 1.29 bits per heavy atom. The van der Waals surface area contributed by atoms with Crippen LogP contribution in [0.15, 0.2) is 34.2 Å². The number of aliphatic imine (C=N–C) groups is 1. The lowest BCUT2D eigenvalue weighted by Gasteiger charge is -2.01. The van der Waals surface area contributed by atoms with Crippen LogP contribution in [0.1, 0.15) is 5.56 Å². The van der Waals surface area contributed by atoms with Crippen LogP contribution in [0, 0.1) is 0 Å². The molecule has 0 spiro atoms. The second-order valence-electron chi connectivity index (χ2n) is 2.68. The van der Waals surface area contributed by atoms with E-state index < -0.39 is 10.0 Å². The summed E-state index contributed by atoms with van der Waals surface area (Å²) < 4.78 is 21.8. The first-order chi connectivity index (χ1) is 6.45. The minimum absolute atomic E-state index is 0.0603. The third-order valence-corrected chi connectivity index (χ3v) is 2.65. The van der Waals surface area contributed by atoms with Crippen molar-refractivity contribution >= 4 is 15.9 Å². The lowest BCUT2D eigenvalue weighted by atomic mass is 10.2. The number of rotatable bonds is 2. The van der Waals surface area contributed by atoms with Crippen molar-refractivity contribution in [1.29, 1.82) is 0 Å². The largest absolute Gasteiger partial charge is 0.384 e. The Hall–Kier alpha value is -1.40. The Morgan fingerprint density at radius 3 is 2.14 bits per heavy atom. The first-order valence-electron chi connectivity index (χ1n) is 3.80. The van der Waals surface area contributed by atoms with Gasteiger partial charge in [0.1, 0.15) is 5.84 Å². The Balaban J connectivity index is 3.14. The maximum Gasteiger partial charge on any atom is 0.238 e. The van der Waals surface area contributed by atoms with Gasteiger partial charge >= 0.3 is 0 Å². The SMILES string of the molecule is CN=C(N)c1ccc(S(N)(=O)=O)cc1. The fraction of sp³-hybridized carbons (Fsp3) is 0.125. The normalized spacial score (nSPS) is 12.9. The van der Waals surface area contributed by atoms with Gasteiger partial charge in [-0.15, -0.1) is 0 Å². The van der Waals surface area contributed by atoms with Crippen LogP contribution in [0.25, 0.3) is 0 Å². The molecule has 0 aliphatic carbocycles. The molecule has 0 aromatic heterocycles. The zero-order valence-electron chi connectivity index (χ0n) is 7.64. The van der Waals surface area contributed by atoms with Gasteiger partial charge in [-0.05, 0) is 24.3 Å². The lowest BCUT2D eigenvalue weighted by Crippen LogP contribution is -2.15. The third-order valence-electron chi connectivity index (χ3n) is 1.72. The molecule has 1 rings (SSSR count). The number of nitrogens with zero attached hydrogens (tertiary/aromatic N) is 1. The van der Waals surface area contributed by atoms with Crippen LogP contribution in [-0.4, -0.2) is 21.3 Å². The van der Waals surface area contributed by atoms with Crippen LogP contribution < -0.4 is 10.9 Å². The third kappa shape index (κ3) is 2.30. The lowest BCUT2D eigenvalue weighted by molar-refractivity contribution is 0.598. The maximum atomic E-state index is 10.9. The van der Waals surface area contributed by atoms with E-state index in [1.807, 2.05) is 0 Å².